The van der Waals surface area contributed by atoms with Crippen LogP contribution in [0.1, 0.15) is 24.1 Å². The number of urea groups is 1. The number of hydrogen-bond acceptors (Lipinski definition) is 4. The molecule has 2 amide bonds. The van der Waals surface area contributed by atoms with Crippen molar-refractivity contribution in [1.82, 2.24) is 10.6 Å². The zero-order valence-corrected chi connectivity index (χ0v) is 16.0. The van der Waals surface area contributed by atoms with Gasteiger partial charge in [0.25, 0.3) is 0 Å². The first-order valence-electron chi connectivity index (χ1n) is 8.29. The third-order valence-electron chi connectivity index (χ3n) is 3.83. The average Bonchev–Trinajstić information content (AvgIpc) is 2.59. The summed E-state index contributed by atoms with van der Waals surface area (Å²) in [5.74, 6) is 0.761. The molecule has 0 aliphatic rings. The van der Waals surface area contributed by atoms with Crippen molar-refractivity contribution in [3.63, 3.8) is 0 Å². The van der Waals surface area contributed by atoms with E-state index in [2.05, 4.69) is 10.6 Å². The molecule has 2 N–H and O–H groups in total. The lowest BCUT2D eigenvalue weighted by molar-refractivity contribution is 0.233. The van der Waals surface area contributed by atoms with Gasteiger partial charge in [-0.3, -0.25) is 0 Å². The summed E-state index contributed by atoms with van der Waals surface area (Å²) in [6.45, 7) is 4.58. The molecule has 0 saturated carbocycles. The Hall–Kier alpha value is -2.54. The van der Waals surface area contributed by atoms with Crippen molar-refractivity contribution in [1.29, 1.82) is 0 Å². The van der Waals surface area contributed by atoms with Gasteiger partial charge in [0.1, 0.15) is 12.4 Å². The highest BCUT2D eigenvalue weighted by atomic mass is 32.2. The summed E-state index contributed by atoms with van der Waals surface area (Å²) in [7, 11) is -3.22. The number of benzene rings is 2. The molecule has 6 nitrogen and oxygen atoms in total. The van der Waals surface area contributed by atoms with Gasteiger partial charge in [-0.1, -0.05) is 29.8 Å². The van der Waals surface area contributed by atoms with Crippen molar-refractivity contribution < 1.29 is 17.9 Å². The van der Waals surface area contributed by atoms with E-state index in [9.17, 15) is 13.2 Å². The van der Waals surface area contributed by atoms with Crippen LogP contribution in [0.5, 0.6) is 5.75 Å². The highest BCUT2D eigenvalue weighted by molar-refractivity contribution is 7.90. The fourth-order valence-electron chi connectivity index (χ4n) is 2.30. The Morgan fingerprint density at radius 3 is 2.27 bits per heavy atom. The molecule has 0 aliphatic carbocycles. The molecule has 2 aromatic carbocycles. The van der Waals surface area contributed by atoms with Crippen LogP contribution < -0.4 is 15.4 Å². The zero-order chi connectivity index (χ0) is 19.2. The fraction of sp³-hybridized carbons (Fsp3) is 0.316. The molecule has 26 heavy (non-hydrogen) atoms. The lowest BCUT2D eigenvalue weighted by Gasteiger charge is -2.15. The van der Waals surface area contributed by atoms with Crippen molar-refractivity contribution in [2.24, 2.45) is 0 Å². The zero-order valence-electron chi connectivity index (χ0n) is 15.2. The van der Waals surface area contributed by atoms with E-state index in [0.717, 1.165) is 23.1 Å². The molecule has 0 heterocycles. The number of nitrogens with one attached hydrogen (secondary N) is 2. The van der Waals surface area contributed by atoms with Crippen LogP contribution in [0, 0.1) is 6.92 Å². The summed E-state index contributed by atoms with van der Waals surface area (Å²) in [6.07, 6.45) is 1.16. The molecule has 0 radical (unpaired) electrons. The Labute approximate surface area is 154 Å². The van der Waals surface area contributed by atoms with Gasteiger partial charge in [-0.2, -0.15) is 0 Å². The second-order valence-electron chi connectivity index (χ2n) is 6.12. The number of sulfone groups is 1. The number of carbonyl (C=O) groups is 1. The van der Waals surface area contributed by atoms with Gasteiger partial charge >= 0.3 is 6.03 Å². The van der Waals surface area contributed by atoms with E-state index in [4.69, 9.17) is 4.74 Å². The Bertz CT molecular complexity index is 831. The quantitative estimate of drug-likeness (QED) is 0.728. The lowest BCUT2D eigenvalue weighted by atomic mass is 10.1. The van der Waals surface area contributed by atoms with Crippen LogP contribution in [0.15, 0.2) is 53.4 Å². The van der Waals surface area contributed by atoms with Gasteiger partial charge in [0.2, 0.25) is 0 Å². The first kappa shape index (κ1) is 19.8. The number of amides is 2. The smallest absolute Gasteiger partial charge is 0.315 e. The molecule has 2 aromatic rings. The highest BCUT2D eigenvalue weighted by Gasteiger charge is 2.11. The molecule has 0 aliphatic heterocycles. The predicted molar refractivity (Wildman–Crippen MR) is 101 cm³/mol. The molecule has 0 spiro atoms. The van der Waals surface area contributed by atoms with Gasteiger partial charge in [-0.25, -0.2) is 13.2 Å². The van der Waals surface area contributed by atoms with E-state index in [0.29, 0.717) is 13.2 Å². The average molecular weight is 376 g/mol. The van der Waals surface area contributed by atoms with E-state index in [1.54, 1.807) is 12.1 Å². The van der Waals surface area contributed by atoms with E-state index in [1.807, 2.05) is 38.1 Å². The van der Waals surface area contributed by atoms with Gasteiger partial charge in [0.05, 0.1) is 17.5 Å². The normalized spacial score (nSPS) is 12.3. The minimum atomic E-state index is -3.22. The second kappa shape index (κ2) is 8.71. The fourth-order valence-corrected chi connectivity index (χ4v) is 2.93. The van der Waals surface area contributed by atoms with Gasteiger partial charge in [0.15, 0.2) is 9.84 Å². The molecule has 0 fully saturated rings. The minimum Gasteiger partial charge on any atom is -0.492 e. The van der Waals surface area contributed by atoms with E-state index in [-0.39, 0.29) is 17.0 Å². The summed E-state index contributed by atoms with van der Waals surface area (Å²) in [5, 5.41) is 5.54. The summed E-state index contributed by atoms with van der Waals surface area (Å²) in [6, 6.07) is 13.6. The van der Waals surface area contributed by atoms with Crippen molar-refractivity contribution in [2.75, 3.05) is 19.4 Å². The van der Waals surface area contributed by atoms with Crippen LogP contribution >= 0.6 is 0 Å². The minimum absolute atomic E-state index is 0.248. The second-order valence-corrected chi connectivity index (χ2v) is 8.14. The van der Waals surface area contributed by atoms with E-state index in [1.165, 1.54) is 12.1 Å². The number of hydrogen-bond donors (Lipinski definition) is 2. The molecule has 0 aromatic heterocycles. The Kier molecular flexibility index (Phi) is 6.63. The van der Waals surface area contributed by atoms with E-state index < -0.39 is 9.84 Å². The third-order valence-corrected chi connectivity index (χ3v) is 4.96. The Morgan fingerprint density at radius 2 is 1.69 bits per heavy atom. The largest absolute Gasteiger partial charge is 0.492 e. The molecule has 140 valence electrons. The predicted octanol–water partition coefficient (Wildman–Crippen LogP) is 2.84. The maximum Gasteiger partial charge on any atom is 0.315 e. The van der Waals surface area contributed by atoms with Gasteiger partial charge in [-0.05, 0) is 43.7 Å². The molecule has 0 saturated heterocycles. The van der Waals surface area contributed by atoms with Crippen molar-refractivity contribution in [2.45, 2.75) is 24.8 Å². The first-order chi connectivity index (χ1) is 12.3. The maximum atomic E-state index is 11.9. The third kappa shape index (κ3) is 6.07. The van der Waals surface area contributed by atoms with Crippen LogP contribution in [0.2, 0.25) is 0 Å². The van der Waals surface area contributed by atoms with Crippen LogP contribution in [-0.4, -0.2) is 33.9 Å². The van der Waals surface area contributed by atoms with Crippen molar-refractivity contribution in [3.05, 3.63) is 59.7 Å². The number of carbonyl (C=O) groups excluding carboxylic acids is 1. The van der Waals surface area contributed by atoms with Crippen LogP contribution in [0.3, 0.4) is 0 Å². The van der Waals surface area contributed by atoms with Gasteiger partial charge < -0.3 is 15.4 Å². The SMILES string of the molecule is Cc1ccc(OCCNC(=O)NC(C)c2ccc(S(C)(=O)=O)cc2)cc1. The summed E-state index contributed by atoms with van der Waals surface area (Å²) < 4.78 is 28.5. The standard InChI is InChI=1S/C19H24N2O4S/c1-14-4-8-17(9-5-14)25-13-12-20-19(22)21-15(2)16-6-10-18(11-7-16)26(3,23)24/h4-11,15H,12-13H2,1-3H3,(H2,20,21,22). The first-order valence-corrected chi connectivity index (χ1v) is 10.2. The topological polar surface area (TPSA) is 84.5 Å². The molecule has 1 unspecified atom stereocenters. The molecule has 1 atom stereocenters. The van der Waals surface area contributed by atoms with Crippen LogP contribution in [0.25, 0.3) is 0 Å². The summed E-state index contributed by atoms with van der Waals surface area (Å²) in [4.78, 5) is 12.2. The number of ether oxygens (including phenoxy) is 1. The van der Waals surface area contributed by atoms with Gasteiger partial charge in [0, 0.05) is 6.26 Å². The lowest BCUT2D eigenvalue weighted by Crippen LogP contribution is -2.38. The molecule has 2 rings (SSSR count). The Balaban J connectivity index is 1.75. The van der Waals surface area contributed by atoms with Gasteiger partial charge in [-0.15, -0.1) is 0 Å². The Morgan fingerprint density at radius 1 is 1.08 bits per heavy atom. The molecular weight excluding hydrogens is 352 g/mol. The molecule has 0 bridgehead atoms. The number of rotatable bonds is 7. The van der Waals surface area contributed by atoms with Crippen molar-refractivity contribution in [3.8, 4) is 5.75 Å². The van der Waals surface area contributed by atoms with Crippen LogP contribution in [-0.2, 0) is 9.84 Å². The summed E-state index contributed by atoms with van der Waals surface area (Å²) >= 11 is 0. The number of aryl methyl sites for hydroxylation is 1. The summed E-state index contributed by atoms with van der Waals surface area (Å²) in [5.41, 5.74) is 1.98. The molecular formula is C19H24N2O4S. The van der Waals surface area contributed by atoms with Crippen LogP contribution in [0.4, 0.5) is 4.79 Å². The maximum absolute atomic E-state index is 11.9. The highest BCUT2D eigenvalue weighted by Crippen LogP contribution is 2.16. The van der Waals surface area contributed by atoms with Crippen molar-refractivity contribution >= 4 is 15.9 Å². The molecule has 7 heteroatoms. The van der Waals surface area contributed by atoms with E-state index >= 15 is 0 Å². The monoisotopic (exact) mass is 376 g/mol.